The number of halogens is 1. The zero-order valence-corrected chi connectivity index (χ0v) is 8.20. The summed E-state index contributed by atoms with van der Waals surface area (Å²) < 4.78 is 13.1. The van der Waals surface area contributed by atoms with Crippen LogP contribution in [0.15, 0.2) is 41.2 Å². The zero-order chi connectivity index (χ0) is 11.5. The lowest BCUT2D eigenvalue weighted by Gasteiger charge is -2.01. The van der Waals surface area contributed by atoms with E-state index in [0.29, 0.717) is 11.3 Å². The molecule has 0 radical (unpaired) electrons. The van der Waals surface area contributed by atoms with Gasteiger partial charge in [0.25, 0.3) is 0 Å². The zero-order valence-electron chi connectivity index (χ0n) is 8.20. The minimum absolute atomic E-state index is 0.0396. The molecule has 3 nitrogen and oxygen atoms in total. The van der Waals surface area contributed by atoms with Gasteiger partial charge >= 0.3 is 0 Å². The Balaban J connectivity index is 2.58. The van der Waals surface area contributed by atoms with E-state index < -0.39 is 5.82 Å². The minimum atomic E-state index is -0.565. The van der Waals surface area contributed by atoms with Crippen LogP contribution in [0.2, 0.25) is 0 Å². The van der Waals surface area contributed by atoms with Gasteiger partial charge in [0.15, 0.2) is 0 Å². The van der Waals surface area contributed by atoms with Crippen LogP contribution in [0.5, 0.6) is 0 Å². The van der Waals surface area contributed by atoms with Crippen molar-refractivity contribution in [1.29, 1.82) is 5.26 Å². The lowest BCUT2D eigenvalue weighted by atomic mass is 10.1. The largest absolute Gasteiger partial charge is 0.322 e. The summed E-state index contributed by atoms with van der Waals surface area (Å²) in [5.74, 6) is -0.565. The van der Waals surface area contributed by atoms with Gasteiger partial charge < -0.3 is 4.98 Å². The van der Waals surface area contributed by atoms with Crippen LogP contribution < -0.4 is 5.56 Å². The van der Waals surface area contributed by atoms with Crippen molar-refractivity contribution >= 4 is 0 Å². The summed E-state index contributed by atoms with van der Waals surface area (Å²) in [5, 5.41) is 8.68. The maximum absolute atomic E-state index is 13.1. The van der Waals surface area contributed by atoms with E-state index in [2.05, 4.69) is 4.98 Å². The first-order valence-electron chi connectivity index (χ1n) is 4.60. The second kappa shape index (κ2) is 3.99. The molecule has 1 aromatic heterocycles. The van der Waals surface area contributed by atoms with Crippen LogP contribution in [0.3, 0.4) is 0 Å². The number of benzene rings is 1. The van der Waals surface area contributed by atoms with Gasteiger partial charge in [-0.3, -0.25) is 4.79 Å². The maximum Gasteiger partial charge on any atom is 0.248 e. The highest BCUT2D eigenvalue weighted by atomic mass is 19.1. The van der Waals surface area contributed by atoms with Gasteiger partial charge in [-0.2, -0.15) is 5.26 Å². The monoisotopic (exact) mass is 214 g/mol. The van der Waals surface area contributed by atoms with Crippen LogP contribution in [-0.2, 0) is 0 Å². The van der Waals surface area contributed by atoms with Crippen LogP contribution in [-0.4, -0.2) is 4.98 Å². The standard InChI is InChI=1S/C12H7FN2O/c13-10-5-4-8(6-9(10)7-14)11-2-1-3-12(16)15-11/h1-6H,(H,15,16). The quantitative estimate of drug-likeness (QED) is 0.789. The Morgan fingerprint density at radius 3 is 2.75 bits per heavy atom. The highest BCUT2D eigenvalue weighted by molar-refractivity contribution is 5.61. The lowest BCUT2D eigenvalue weighted by molar-refractivity contribution is 0.624. The molecule has 0 spiro atoms. The minimum Gasteiger partial charge on any atom is -0.322 e. The Morgan fingerprint density at radius 1 is 1.25 bits per heavy atom. The maximum atomic E-state index is 13.1. The van der Waals surface area contributed by atoms with E-state index in [-0.39, 0.29) is 11.1 Å². The van der Waals surface area contributed by atoms with E-state index in [1.54, 1.807) is 18.2 Å². The number of rotatable bonds is 1. The highest BCUT2D eigenvalue weighted by Gasteiger charge is 2.04. The van der Waals surface area contributed by atoms with Crippen molar-refractivity contribution in [2.45, 2.75) is 0 Å². The molecule has 0 unspecified atom stereocenters. The van der Waals surface area contributed by atoms with Crippen molar-refractivity contribution in [3.63, 3.8) is 0 Å². The predicted molar refractivity (Wildman–Crippen MR) is 57.2 cm³/mol. The summed E-state index contributed by atoms with van der Waals surface area (Å²) in [5.41, 5.74) is 0.891. The van der Waals surface area contributed by atoms with Crippen LogP contribution >= 0.6 is 0 Å². The molecular weight excluding hydrogens is 207 g/mol. The van der Waals surface area contributed by atoms with Gasteiger partial charge in [-0.15, -0.1) is 0 Å². The number of hydrogen-bond acceptors (Lipinski definition) is 2. The molecule has 0 amide bonds. The fraction of sp³-hybridized carbons (Fsp3) is 0. The van der Waals surface area contributed by atoms with Gasteiger partial charge in [0.1, 0.15) is 11.9 Å². The number of nitriles is 1. The summed E-state index contributed by atoms with van der Waals surface area (Å²) in [6.45, 7) is 0. The van der Waals surface area contributed by atoms with Crippen molar-refractivity contribution in [3.8, 4) is 17.3 Å². The molecule has 0 bridgehead atoms. The van der Waals surface area contributed by atoms with E-state index in [1.807, 2.05) is 0 Å². The smallest absolute Gasteiger partial charge is 0.248 e. The van der Waals surface area contributed by atoms with Crippen molar-refractivity contribution < 1.29 is 4.39 Å². The van der Waals surface area contributed by atoms with Gasteiger partial charge in [0.05, 0.1) is 5.56 Å². The Kier molecular flexibility index (Phi) is 2.52. The highest BCUT2D eigenvalue weighted by Crippen LogP contribution is 2.18. The molecule has 0 aliphatic heterocycles. The number of H-pyrrole nitrogens is 1. The fourth-order valence-corrected chi connectivity index (χ4v) is 1.39. The first kappa shape index (κ1) is 10.1. The van der Waals surface area contributed by atoms with Gasteiger partial charge in [0.2, 0.25) is 5.56 Å². The topological polar surface area (TPSA) is 56.6 Å². The van der Waals surface area contributed by atoms with Crippen LogP contribution in [0, 0.1) is 17.1 Å². The van der Waals surface area contributed by atoms with Crippen molar-refractivity contribution in [3.05, 3.63) is 58.1 Å². The fourth-order valence-electron chi connectivity index (χ4n) is 1.39. The lowest BCUT2D eigenvalue weighted by Crippen LogP contribution is -2.03. The number of aromatic amines is 1. The van der Waals surface area contributed by atoms with E-state index in [4.69, 9.17) is 5.26 Å². The summed E-state index contributed by atoms with van der Waals surface area (Å²) >= 11 is 0. The molecule has 1 aromatic carbocycles. The summed E-state index contributed by atoms with van der Waals surface area (Å²) in [6.07, 6.45) is 0. The van der Waals surface area contributed by atoms with Gasteiger partial charge in [0, 0.05) is 11.8 Å². The number of pyridine rings is 1. The first-order chi connectivity index (χ1) is 7.70. The number of nitrogens with one attached hydrogen (secondary N) is 1. The molecule has 78 valence electrons. The van der Waals surface area contributed by atoms with Crippen LogP contribution in [0.25, 0.3) is 11.3 Å². The van der Waals surface area contributed by atoms with Gasteiger partial charge in [-0.25, -0.2) is 4.39 Å². The Morgan fingerprint density at radius 2 is 2.06 bits per heavy atom. The summed E-state index contributed by atoms with van der Waals surface area (Å²) in [4.78, 5) is 13.7. The van der Waals surface area contributed by atoms with E-state index in [9.17, 15) is 9.18 Å². The first-order valence-corrected chi connectivity index (χ1v) is 4.60. The van der Waals surface area contributed by atoms with E-state index in [1.165, 1.54) is 24.3 Å². The van der Waals surface area contributed by atoms with E-state index in [0.717, 1.165) is 0 Å². The summed E-state index contributed by atoms with van der Waals surface area (Å²) in [6, 6.07) is 10.6. The molecule has 4 heteroatoms. The number of aromatic nitrogens is 1. The van der Waals surface area contributed by atoms with Crippen molar-refractivity contribution in [2.75, 3.05) is 0 Å². The third-order valence-electron chi connectivity index (χ3n) is 2.17. The molecule has 2 rings (SSSR count). The third kappa shape index (κ3) is 1.84. The molecular formula is C12H7FN2O. The molecule has 0 aliphatic rings. The molecule has 16 heavy (non-hydrogen) atoms. The second-order valence-electron chi connectivity index (χ2n) is 3.24. The molecule has 1 heterocycles. The number of nitrogens with zero attached hydrogens (tertiary/aromatic N) is 1. The average Bonchev–Trinajstić information content (AvgIpc) is 2.29. The van der Waals surface area contributed by atoms with Crippen LogP contribution in [0.4, 0.5) is 4.39 Å². The Labute approximate surface area is 90.8 Å². The molecule has 0 saturated heterocycles. The summed E-state index contributed by atoms with van der Waals surface area (Å²) in [7, 11) is 0. The van der Waals surface area contributed by atoms with Crippen molar-refractivity contribution in [1.82, 2.24) is 4.98 Å². The number of hydrogen-bond donors (Lipinski definition) is 1. The molecule has 0 saturated carbocycles. The average molecular weight is 214 g/mol. The normalized spacial score (nSPS) is 9.75. The molecule has 0 aliphatic carbocycles. The molecule has 0 atom stereocenters. The Hall–Kier alpha value is -2.41. The SMILES string of the molecule is N#Cc1cc(-c2cccc(=O)[nH]2)ccc1F. The second-order valence-corrected chi connectivity index (χ2v) is 3.24. The molecule has 2 aromatic rings. The van der Waals surface area contributed by atoms with Crippen molar-refractivity contribution in [2.24, 2.45) is 0 Å². The third-order valence-corrected chi connectivity index (χ3v) is 2.17. The molecule has 0 fully saturated rings. The van der Waals surface area contributed by atoms with Gasteiger partial charge in [-0.05, 0) is 29.8 Å². The Bertz CT molecular complexity index is 625. The predicted octanol–water partition coefficient (Wildman–Crippen LogP) is 2.05. The van der Waals surface area contributed by atoms with E-state index >= 15 is 0 Å². The molecule has 1 N–H and O–H groups in total. The van der Waals surface area contributed by atoms with Gasteiger partial charge in [-0.1, -0.05) is 6.07 Å². The van der Waals surface area contributed by atoms with Crippen LogP contribution in [0.1, 0.15) is 5.56 Å².